The van der Waals surface area contributed by atoms with Gasteiger partial charge in [0, 0.05) is 0 Å². The molecule has 14 heavy (non-hydrogen) atoms. The van der Waals surface area contributed by atoms with Crippen molar-refractivity contribution in [2.75, 3.05) is 0 Å². The summed E-state index contributed by atoms with van der Waals surface area (Å²) in [5.41, 5.74) is 0. The molecule has 0 heterocycles. The fourth-order valence-electron chi connectivity index (χ4n) is 0.256. The number of rotatable bonds is 5. The van der Waals surface area contributed by atoms with Gasteiger partial charge in [0.25, 0.3) is 0 Å². The third kappa shape index (κ3) is 12.1. The minimum Gasteiger partial charge on any atom is -0.750 e. The fraction of sp³-hybridized carbons (Fsp3) is 1.00. The van der Waals surface area contributed by atoms with Gasteiger partial charge in [0.2, 0.25) is 12.6 Å². The van der Waals surface area contributed by atoms with Crippen LogP contribution in [0.1, 0.15) is 0 Å². The topological polar surface area (TPSA) is 139 Å². The van der Waals surface area contributed by atoms with E-state index in [0.29, 0.717) is 0 Å². The van der Waals surface area contributed by atoms with Crippen molar-refractivity contribution in [3.8, 4) is 0 Å². The predicted molar refractivity (Wildman–Crippen MR) is 32.0 cm³/mol. The molecule has 0 aromatic heterocycles. The third-order valence-electron chi connectivity index (χ3n) is 0.598. The molecule has 4 unspecified atom stereocenters. The largest absolute Gasteiger partial charge is 1.00 e. The third-order valence-corrected chi connectivity index (χ3v) is 1.31. The van der Waals surface area contributed by atoms with E-state index < -0.39 is 35.3 Å². The van der Waals surface area contributed by atoms with Gasteiger partial charge in [-0.25, -0.2) is 8.42 Å². The molecule has 0 amide bonds. The van der Waals surface area contributed by atoms with E-state index in [4.69, 9.17) is 10.2 Å². The SMILES string of the molecule is O=S([O-])OC(O)C(O)OS(=O)[O-].[Na+].[Na+]. The number of hydrogen-bond acceptors (Lipinski definition) is 8. The first-order chi connectivity index (χ1) is 5.43. The van der Waals surface area contributed by atoms with Crippen LogP contribution in [0.15, 0.2) is 0 Å². The molecule has 0 saturated carbocycles. The Bertz CT molecular complexity index is 168. The molecule has 0 aromatic carbocycles. The van der Waals surface area contributed by atoms with Crippen LogP contribution in [0.5, 0.6) is 0 Å². The van der Waals surface area contributed by atoms with Crippen LogP contribution in [0.3, 0.4) is 0 Å². The normalized spacial score (nSPS) is 18.3. The number of aliphatic hydroxyl groups is 2. The number of aliphatic hydroxyl groups excluding tert-OH is 2. The van der Waals surface area contributed by atoms with Gasteiger partial charge in [0.05, 0.1) is 22.7 Å². The molecular formula is C2H4Na2O8S2. The molecule has 0 fully saturated rings. The predicted octanol–water partition coefficient (Wildman–Crippen LogP) is -8.75. The van der Waals surface area contributed by atoms with Gasteiger partial charge in [-0.15, -0.1) is 0 Å². The summed E-state index contributed by atoms with van der Waals surface area (Å²) in [5.74, 6) is 0. The van der Waals surface area contributed by atoms with Gasteiger partial charge in [-0.2, -0.15) is 0 Å². The summed E-state index contributed by atoms with van der Waals surface area (Å²) >= 11 is -6.14. The molecule has 12 heteroatoms. The maximum Gasteiger partial charge on any atom is 1.00 e. The van der Waals surface area contributed by atoms with E-state index in [0.717, 1.165) is 0 Å². The maximum absolute atomic E-state index is 9.70. The standard InChI is InChI=1S/C2H6O8S2.2Na/c3-1(9-11(5)6)2(4)10-12(7)8;;/h1-4H,(H,5,6)(H,7,8);;/q;2*+1/p-2. The van der Waals surface area contributed by atoms with E-state index in [2.05, 4.69) is 8.37 Å². The van der Waals surface area contributed by atoms with Crippen molar-refractivity contribution in [2.24, 2.45) is 0 Å². The second-order valence-electron chi connectivity index (χ2n) is 1.38. The van der Waals surface area contributed by atoms with E-state index in [1.807, 2.05) is 0 Å². The van der Waals surface area contributed by atoms with Crippen LogP contribution in [0.4, 0.5) is 0 Å². The summed E-state index contributed by atoms with van der Waals surface area (Å²) in [7, 11) is 0. The van der Waals surface area contributed by atoms with Crippen LogP contribution in [0.2, 0.25) is 0 Å². The molecule has 0 spiro atoms. The van der Waals surface area contributed by atoms with Gasteiger partial charge in [-0.1, -0.05) is 0 Å². The van der Waals surface area contributed by atoms with E-state index in [1.54, 1.807) is 0 Å². The first kappa shape index (κ1) is 21.4. The second kappa shape index (κ2) is 11.5. The molecule has 0 rings (SSSR count). The van der Waals surface area contributed by atoms with Crippen LogP contribution in [-0.4, -0.2) is 40.3 Å². The van der Waals surface area contributed by atoms with Crippen molar-refractivity contribution < 1.29 is 95.2 Å². The summed E-state index contributed by atoms with van der Waals surface area (Å²) in [5, 5.41) is 16.9. The first-order valence-corrected chi connectivity index (χ1v) is 4.32. The van der Waals surface area contributed by atoms with Crippen molar-refractivity contribution in [1.29, 1.82) is 0 Å². The Balaban J connectivity index is -0.000000605. The Hall–Kier alpha value is 2.06. The van der Waals surface area contributed by atoms with Gasteiger partial charge in [-0.3, -0.25) is 8.37 Å². The molecule has 0 saturated heterocycles. The minimum atomic E-state index is -3.07. The molecule has 0 aliphatic rings. The summed E-state index contributed by atoms with van der Waals surface area (Å²) in [4.78, 5) is 0. The molecule has 8 nitrogen and oxygen atoms in total. The van der Waals surface area contributed by atoms with E-state index >= 15 is 0 Å². The van der Waals surface area contributed by atoms with E-state index in [-0.39, 0.29) is 59.1 Å². The van der Waals surface area contributed by atoms with Gasteiger partial charge >= 0.3 is 59.1 Å². The molecule has 0 aliphatic heterocycles. The molecule has 0 aliphatic carbocycles. The zero-order chi connectivity index (χ0) is 9.72. The number of hydrogen-bond donors (Lipinski definition) is 2. The van der Waals surface area contributed by atoms with Crippen molar-refractivity contribution in [1.82, 2.24) is 0 Å². The Morgan fingerprint density at radius 1 is 0.929 bits per heavy atom. The molecular weight excluding hydrogens is 262 g/mol. The summed E-state index contributed by atoms with van der Waals surface area (Å²) in [6.07, 6.45) is -4.55. The van der Waals surface area contributed by atoms with Gasteiger partial charge in [-0.05, 0) is 0 Å². The van der Waals surface area contributed by atoms with Crippen LogP contribution in [0, 0.1) is 0 Å². The summed E-state index contributed by atoms with van der Waals surface area (Å²) in [6, 6.07) is 0. The average molecular weight is 266 g/mol. The van der Waals surface area contributed by atoms with Crippen molar-refractivity contribution in [3.05, 3.63) is 0 Å². The summed E-state index contributed by atoms with van der Waals surface area (Å²) < 4.78 is 45.9. The zero-order valence-electron chi connectivity index (χ0n) is 7.32. The van der Waals surface area contributed by atoms with E-state index in [9.17, 15) is 17.5 Å². The Morgan fingerprint density at radius 3 is 1.29 bits per heavy atom. The van der Waals surface area contributed by atoms with Crippen LogP contribution < -0.4 is 59.1 Å². The van der Waals surface area contributed by atoms with Crippen LogP contribution >= 0.6 is 0 Å². The molecule has 0 bridgehead atoms. The van der Waals surface area contributed by atoms with Crippen LogP contribution in [-0.2, 0) is 31.1 Å². The quantitative estimate of drug-likeness (QED) is 0.284. The van der Waals surface area contributed by atoms with Gasteiger partial charge in [0.15, 0.2) is 0 Å². The Morgan fingerprint density at radius 2 is 1.14 bits per heavy atom. The molecule has 74 valence electrons. The molecule has 2 N–H and O–H groups in total. The van der Waals surface area contributed by atoms with Crippen molar-refractivity contribution in [2.45, 2.75) is 12.6 Å². The Labute approximate surface area is 129 Å². The smallest absolute Gasteiger partial charge is 0.750 e. The van der Waals surface area contributed by atoms with E-state index in [1.165, 1.54) is 0 Å². The average Bonchev–Trinajstić information content (AvgIpc) is 1.84. The second-order valence-corrected chi connectivity index (χ2v) is 2.58. The fourth-order valence-corrected chi connectivity index (χ4v) is 0.768. The van der Waals surface area contributed by atoms with Gasteiger partial charge in [0.1, 0.15) is 0 Å². The maximum atomic E-state index is 9.70. The zero-order valence-corrected chi connectivity index (χ0v) is 12.9. The van der Waals surface area contributed by atoms with Crippen molar-refractivity contribution >= 4 is 22.7 Å². The molecule has 0 radical (unpaired) electrons. The molecule has 0 aromatic rings. The Kier molecular flexibility index (Phi) is 17.6. The monoisotopic (exact) mass is 266 g/mol. The minimum absolute atomic E-state index is 0. The first-order valence-electron chi connectivity index (χ1n) is 2.32. The van der Waals surface area contributed by atoms with Gasteiger partial charge < -0.3 is 19.3 Å². The summed E-state index contributed by atoms with van der Waals surface area (Å²) in [6.45, 7) is 0. The van der Waals surface area contributed by atoms with Crippen molar-refractivity contribution in [3.63, 3.8) is 0 Å². The van der Waals surface area contributed by atoms with Crippen LogP contribution in [0.25, 0.3) is 0 Å². The molecule has 4 atom stereocenters.